The zero-order chi connectivity index (χ0) is 14.1. The lowest BCUT2D eigenvalue weighted by Crippen LogP contribution is -2.54. The van der Waals surface area contributed by atoms with Crippen molar-refractivity contribution >= 4 is 22.1 Å². The molecule has 1 aliphatic rings. The number of nitrogens with two attached hydrogens (primary N) is 1. The zero-order valence-electron chi connectivity index (χ0n) is 10.5. The van der Waals surface area contributed by atoms with Crippen LogP contribution in [0.2, 0.25) is 0 Å². The number of hydrogen-bond acceptors (Lipinski definition) is 5. The maximum absolute atomic E-state index is 11.6. The quantitative estimate of drug-likeness (QED) is 0.720. The molecule has 0 bridgehead atoms. The molecule has 1 fully saturated rings. The number of carbonyl (C=O) groups is 2. The largest absolute Gasteiger partial charge is 0.442 e. The highest BCUT2D eigenvalue weighted by Crippen LogP contribution is 2.27. The van der Waals surface area contributed by atoms with E-state index in [2.05, 4.69) is 0 Å². The minimum absolute atomic E-state index is 0.166. The molecule has 3 N–H and O–H groups in total. The molecule has 0 heterocycles. The number of nitrogens with one attached hydrogen (secondary N) is 1. The summed E-state index contributed by atoms with van der Waals surface area (Å²) in [5.74, 6) is 0. The number of amides is 3. The third kappa shape index (κ3) is 4.15. The predicted octanol–water partition coefficient (Wildman–Crippen LogP) is 0.299. The second-order valence-corrected chi connectivity index (χ2v) is 6.93. The van der Waals surface area contributed by atoms with Crippen LogP contribution >= 0.6 is 0 Å². The second-order valence-electron chi connectivity index (χ2n) is 4.99. The highest BCUT2D eigenvalue weighted by molar-refractivity contribution is 7.90. The molecular formula is C9H17N3O5S. The molecule has 0 unspecified atom stereocenters. The zero-order valence-corrected chi connectivity index (χ0v) is 11.3. The van der Waals surface area contributed by atoms with Crippen molar-refractivity contribution in [3.05, 3.63) is 0 Å². The Morgan fingerprint density at radius 2 is 1.83 bits per heavy atom. The Hall–Kier alpha value is -1.35. The fraction of sp³-hybridized carbons (Fsp3) is 0.778. The molecule has 0 aromatic rings. The Morgan fingerprint density at radius 1 is 1.33 bits per heavy atom. The molecule has 0 aromatic carbocycles. The van der Waals surface area contributed by atoms with Crippen LogP contribution in [0.15, 0.2) is 0 Å². The first kappa shape index (κ1) is 14.7. The monoisotopic (exact) mass is 279 g/mol. The number of nitrogens with zero attached hydrogens (tertiary/aromatic N) is 1. The second kappa shape index (κ2) is 4.73. The molecule has 0 radical (unpaired) electrons. The molecule has 18 heavy (non-hydrogen) atoms. The molecule has 8 nitrogen and oxygen atoms in total. The molecular weight excluding hydrogens is 262 g/mol. The highest BCUT2D eigenvalue weighted by atomic mass is 32.2. The molecule has 9 heteroatoms. The van der Waals surface area contributed by atoms with E-state index in [-0.39, 0.29) is 5.01 Å². The number of carbonyl (C=O) groups excluding carboxylic acids is 2. The van der Waals surface area contributed by atoms with Crippen LogP contribution < -0.4 is 10.6 Å². The van der Waals surface area contributed by atoms with Crippen LogP contribution in [0.4, 0.5) is 9.59 Å². The molecule has 1 saturated carbocycles. The lowest BCUT2D eigenvalue weighted by Gasteiger charge is -2.24. The normalized spacial score (nSPS) is 16.2. The number of hydrazine groups is 1. The number of ether oxygens (including phenoxy) is 1. The Balaban J connectivity index is 2.77. The van der Waals surface area contributed by atoms with Crippen LogP contribution in [0.3, 0.4) is 0 Å². The SMILES string of the molecule is CC(C)(C)OC(=O)N(NS(=O)(=O)C1CC1)C(N)=O. The molecule has 0 spiro atoms. The van der Waals surface area contributed by atoms with E-state index in [0.29, 0.717) is 12.8 Å². The fourth-order valence-corrected chi connectivity index (χ4v) is 2.38. The first-order valence-electron chi connectivity index (χ1n) is 5.37. The van der Waals surface area contributed by atoms with E-state index in [4.69, 9.17) is 10.5 Å². The standard InChI is InChI=1S/C9H17N3O5S/c1-9(2,3)17-8(14)12(7(10)13)11-18(15,16)6-4-5-6/h6,11H,4-5H2,1-3H3,(H2,10,13). The van der Waals surface area contributed by atoms with Gasteiger partial charge in [-0.25, -0.2) is 18.0 Å². The van der Waals surface area contributed by atoms with Crippen molar-refractivity contribution < 1.29 is 22.7 Å². The summed E-state index contributed by atoms with van der Waals surface area (Å²) >= 11 is 0. The smallest absolute Gasteiger partial charge is 0.434 e. The van der Waals surface area contributed by atoms with Crippen LogP contribution in [0.5, 0.6) is 0 Å². The van der Waals surface area contributed by atoms with Gasteiger partial charge in [-0.3, -0.25) is 0 Å². The van der Waals surface area contributed by atoms with Crippen molar-refractivity contribution in [3.8, 4) is 0 Å². The molecule has 1 rings (SSSR count). The lowest BCUT2D eigenvalue weighted by molar-refractivity contribution is 0.0293. The van der Waals surface area contributed by atoms with Gasteiger partial charge in [-0.1, -0.05) is 0 Å². The van der Waals surface area contributed by atoms with Crippen LogP contribution in [0.1, 0.15) is 33.6 Å². The minimum atomic E-state index is -3.76. The third-order valence-corrected chi connectivity index (χ3v) is 3.76. The summed E-state index contributed by atoms with van der Waals surface area (Å²) < 4.78 is 28.1. The van der Waals surface area contributed by atoms with Gasteiger partial charge in [0.05, 0.1) is 5.25 Å². The van der Waals surface area contributed by atoms with Crippen LogP contribution in [-0.4, -0.2) is 36.4 Å². The van der Waals surface area contributed by atoms with Crippen molar-refractivity contribution in [2.24, 2.45) is 5.73 Å². The van der Waals surface area contributed by atoms with Crippen LogP contribution in [0.25, 0.3) is 0 Å². The first-order valence-corrected chi connectivity index (χ1v) is 6.91. The van der Waals surface area contributed by atoms with Crippen molar-refractivity contribution in [1.29, 1.82) is 0 Å². The van der Waals surface area contributed by atoms with Gasteiger partial charge in [0.2, 0.25) is 10.0 Å². The van der Waals surface area contributed by atoms with E-state index in [0.717, 1.165) is 0 Å². The fourth-order valence-electron chi connectivity index (χ4n) is 1.06. The molecule has 104 valence electrons. The van der Waals surface area contributed by atoms with Gasteiger partial charge >= 0.3 is 12.1 Å². The first-order chi connectivity index (χ1) is 8.03. The molecule has 0 atom stereocenters. The Bertz CT molecular complexity index is 449. The Kier molecular flexibility index (Phi) is 3.86. The van der Waals surface area contributed by atoms with Gasteiger partial charge in [0.1, 0.15) is 5.60 Å². The topological polar surface area (TPSA) is 119 Å². The highest BCUT2D eigenvalue weighted by Gasteiger charge is 2.39. The van der Waals surface area contributed by atoms with Gasteiger partial charge in [0.15, 0.2) is 0 Å². The van der Waals surface area contributed by atoms with E-state index in [9.17, 15) is 18.0 Å². The van der Waals surface area contributed by atoms with E-state index in [1.807, 2.05) is 4.83 Å². The van der Waals surface area contributed by atoms with Crippen LogP contribution in [0, 0.1) is 0 Å². The molecule has 0 saturated heterocycles. The maximum Gasteiger partial charge on any atom is 0.434 e. The van der Waals surface area contributed by atoms with E-state index >= 15 is 0 Å². The number of sulfonamides is 1. The maximum atomic E-state index is 11.6. The number of hydrogen-bond donors (Lipinski definition) is 2. The third-order valence-electron chi connectivity index (χ3n) is 1.98. The van der Waals surface area contributed by atoms with E-state index in [1.54, 1.807) is 20.8 Å². The lowest BCUT2D eigenvalue weighted by atomic mass is 10.2. The number of rotatable bonds is 3. The summed E-state index contributed by atoms with van der Waals surface area (Å²) in [6.45, 7) is 4.75. The van der Waals surface area contributed by atoms with Crippen LogP contribution in [-0.2, 0) is 14.8 Å². The summed E-state index contributed by atoms with van der Waals surface area (Å²) in [5.41, 5.74) is 4.08. The van der Waals surface area contributed by atoms with Gasteiger partial charge < -0.3 is 10.5 Å². The van der Waals surface area contributed by atoms with Crippen molar-refractivity contribution in [3.63, 3.8) is 0 Å². The van der Waals surface area contributed by atoms with Crippen molar-refractivity contribution in [2.75, 3.05) is 0 Å². The van der Waals surface area contributed by atoms with Crippen molar-refractivity contribution in [1.82, 2.24) is 9.84 Å². The van der Waals surface area contributed by atoms with Gasteiger partial charge in [0.25, 0.3) is 0 Å². The Morgan fingerprint density at radius 3 is 2.17 bits per heavy atom. The summed E-state index contributed by atoms with van der Waals surface area (Å²) in [6, 6.07) is -1.24. The summed E-state index contributed by atoms with van der Waals surface area (Å²) in [7, 11) is -3.76. The van der Waals surface area contributed by atoms with E-state index < -0.39 is 33.0 Å². The summed E-state index contributed by atoms with van der Waals surface area (Å²) in [4.78, 5) is 24.5. The molecule has 1 aliphatic carbocycles. The average Bonchev–Trinajstić information content (AvgIpc) is 2.93. The minimum Gasteiger partial charge on any atom is -0.442 e. The predicted molar refractivity (Wildman–Crippen MR) is 62.7 cm³/mol. The average molecular weight is 279 g/mol. The van der Waals surface area contributed by atoms with Crippen molar-refractivity contribution in [2.45, 2.75) is 44.5 Å². The summed E-state index contributed by atoms with van der Waals surface area (Å²) in [6.07, 6.45) is -0.161. The molecule has 3 amide bonds. The van der Waals surface area contributed by atoms with Gasteiger partial charge in [-0.2, -0.15) is 0 Å². The number of urea groups is 1. The van der Waals surface area contributed by atoms with E-state index in [1.165, 1.54) is 0 Å². The summed E-state index contributed by atoms with van der Waals surface area (Å²) in [5, 5.41) is -0.416. The number of imide groups is 1. The molecule has 0 aromatic heterocycles. The number of primary amides is 1. The van der Waals surface area contributed by atoms with Gasteiger partial charge in [0, 0.05) is 0 Å². The molecule has 0 aliphatic heterocycles. The van der Waals surface area contributed by atoms with Gasteiger partial charge in [-0.15, -0.1) is 9.84 Å². The Labute approximate surface area is 105 Å². The van der Waals surface area contributed by atoms with Gasteiger partial charge in [-0.05, 0) is 33.6 Å².